The summed E-state index contributed by atoms with van der Waals surface area (Å²) in [5.41, 5.74) is 0.692. The zero-order valence-electron chi connectivity index (χ0n) is 9.80. The highest BCUT2D eigenvalue weighted by atomic mass is 15.2. The largest absolute Gasteiger partial charge is 0.316 e. The number of nitrogens with zero attached hydrogens (tertiary/aromatic N) is 1. The maximum Gasteiger partial charge on any atom is 0.0210 e. The van der Waals surface area contributed by atoms with Gasteiger partial charge in [0.15, 0.2) is 0 Å². The Bertz CT molecular complexity index is 217. The lowest BCUT2D eigenvalue weighted by molar-refractivity contribution is 0.0395. The molecule has 0 aromatic heterocycles. The number of hydrogen-bond acceptors (Lipinski definition) is 2. The highest BCUT2D eigenvalue weighted by molar-refractivity contribution is 5.02. The Morgan fingerprint density at radius 2 is 2.00 bits per heavy atom. The van der Waals surface area contributed by atoms with Crippen molar-refractivity contribution in [3.05, 3.63) is 0 Å². The van der Waals surface area contributed by atoms with Crippen LogP contribution in [0.3, 0.4) is 0 Å². The van der Waals surface area contributed by atoms with E-state index in [0.717, 1.165) is 5.92 Å². The summed E-state index contributed by atoms with van der Waals surface area (Å²) < 4.78 is 0. The van der Waals surface area contributed by atoms with Gasteiger partial charge in [0.2, 0.25) is 0 Å². The molecule has 2 heterocycles. The molecule has 2 heteroatoms. The van der Waals surface area contributed by atoms with Gasteiger partial charge in [-0.15, -0.1) is 0 Å². The van der Waals surface area contributed by atoms with Gasteiger partial charge < -0.3 is 5.32 Å². The minimum Gasteiger partial charge on any atom is -0.316 e. The maximum atomic E-state index is 3.55. The second kappa shape index (κ2) is 4.06. The molecule has 3 fully saturated rings. The minimum atomic E-state index is 0.692. The fourth-order valence-electron chi connectivity index (χ4n) is 3.82. The molecule has 2 saturated heterocycles. The topological polar surface area (TPSA) is 15.3 Å². The zero-order chi connectivity index (χ0) is 10.1. The van der Waals surface area contributed by atoms with Crippen molar-refractivity contribution in [1.82, 2.24) is 10.2 Å². The second-order valence-corrected chi connectivity index (χ2v) is 5.84. The molecule has 2 nitrogen and oxygen atoms in total. The fourth-order valence-corrected chi connectivity index (χ4v) is 3.82. The highest BCUT2D eigenvalue weighted by Crippen LogP contribution is 2.45. The fraction of sp³-hybridized carbons (Fsp3) is 1.00. The molecular weight excluding hydrogens is 184 g/mol. The van der Waals surface area contributed by atoms with Gasteiger partial charge in [-0.25, -0.2) is 0 Å². The van der Waals surface area contributed by atoms with Gasteiger partial charge in [0.25, 0.3) is 0 Å². The van der Waals surface area contributed by atoms with Crippen LogP contribution in [-0.4, -0.2) is 36.6 Å². The molecule has 0 bridgehead atoms. The van der Waals surface area contributed by atoms with E-state index in [-0.39, 0.29) is 0 Å². The molecule has 0 radical (unpaired) electrons. The smallest absolute Gasteiger partial charge is 0.0210 e. The maximum absolute atomic E-state index is 3.55. The van der Waals surface area contributed by atoms with Gasteiger partial charge in [0.05, 0.1) is 0 Å². The van der Waals surface area contributed by atoms with Crippen molar-refractivity contribution in [2.24, 2.45) is 5.92 Å². The number of nitrogens with one attached hydrogen (secondary N) is 1. The molecular formula is C13H24N2. The Morgan fingerprint density at radius 3 is 2.67 bits per heavy atom. The van der Waals surface area contributed by atoms with Crippen LogP contribution in [-0.2, 0) is 0 Å². The van der Waals surface area contributed by atoms with Crippen LogP contribution in [0.2, 0.25) is 0 Å². The molecule has 1 unspecified atom stereocenters. The van der Waals surface area contributed by atoms with Gasteiger partial charge in [-0.1, -0.05) is 0 Å². The normalized spacial score (nSPS) is 35.6. The quantitative estimate of drug-likeness (QED) is 0.747. The Labute approximate surface area is 93.4 Å². The van der Waals surface area contributed by atoms with Gasteiger partial charge in [-0.2, -0.15) is 0 Å². The molecule has 1 saturated carbocycles. The molecule has 3 rings (SSSR count). The third-order valence-corrected chi connectivity index (χ3v) is 4.90. The number of piperidine rings is 1. The molecule has 15 heavy (non-hydrogen) atoms. The lowest BCUT2D eigenvalue weighted by atomic mass is 9.74. The molecule has 1 aliphatic carbocycles. The summed E-state index contributed by atoms with van der Waals surface area (Å²) in [5.74, 6) is 0.939. The lowest BCUT2D eigenvalue weighted by Crippen LogP contribution is -2.52. The van der Waals surface area contributed by atoms with Crippen LogP contribution < -0.4 is 5.32 Å². The van der Waals surface area contributed by atoms with E-state index in [1.54, 1.807) is 0 Å². The van der Waals surface area contributed by atoms with Gasteiger partial charge in [0.1, 0.15) is 0 Å². The molecule has 1 spiro atoms. The van der Waals surface area contributed by atoms with Crippen LogP contribution in [0.25, 0.3) is 0 Å². The highest BCUT2D eigenvalue weighted by Gasteiger charge is 2.45. The van der Waals surface area contributed by atoms with Crippen LogP contribution in [0.4, 0.5) is 0 Å². The van der Waals surface area contributed by atoms with Crippen molar-refractivity contribution in [1.29, 1.82) is 0 Å². The molecule has 1 N–H and O–H groups in total. The summed E-state index contributed by atoms with van der Waals surface area (Å²) in [6.07, 6.45) is 10.3. The van der Waals surface area contributed by atoms with E-state index in [9.17, 15) is 0 Å². The number of likely N-dealkylation sites (tertiary alicyclic amines) is 1. The summed E-state index contributed by atoms with van der Waals surface area (Å²) in [5, 5.41) is 3.55. The average molecular weight is 208 g/mol. The average Bonchev–Trinajstić information content (AvgIpc) is 2.62. The Kier molecular flexibility index (Phi) is 2.73. The Morgan fingerprint density at radius 1 is 1.13 bits per heavy atom. The van der Waals surface area contributed by atoms with Crippen LogP contribution in [0.1, 0.15) is 44.9 Å². The second-order valence-electron chi connectivity index (χ2n) is 5.84. The van der Waals surface area contributed by atoms with Crippen LogP contribution in [0.15, 0.2) is 0 Å². The van der Waals surface area contributed by atoms with Gasteiger partial charge in [-0.3, -0.25) is 4.90 Å². The third-order valence-electron chi connectivity index (χ3n) is 4.90. The molecule has 2 aliphatic heterocycles. The molecule has 0 amide bonds. The van der Waals surface area contributed by atoms with Crippen molar-refractivity contribution >= 4 is 0 Å². The number of hydrogen-bond donors (Lipinski definition) is 1. The van der Waals surface area contributed by atoms with Gasteiger partial charge >= 0.3 is 0 Å². The Hall–Kier alpha value is -0.0800. The van der Waals surface area contributed by atoms with E-state index in [0.29, 0.717) is 5.54 Å². The summed E-state index contributed by atoms with van der Waals surface area (Å²) >= 11 is 0. The molecule has 1 atom stereocenters. The lowest BCUT2D eigenvalue weighted by Gasteiger charge is -2.47. The monoisotopic (exact) mass is 208 g/mol. The predicted octanol–water partition coefficient (Wildman–Crippen LogP) is 2.00. The standard InChI is InChI=1S/C13H24N2/c1-4-12(10-14-8-1)11-15-9-3-7-13(15)5-2-6-13/h12,14H,1-11H2. The van der Waals surface area contributed by atoms with Crippen LogP contribution in [0.5, 0.6) is 0 Å². The SMILES string of the molecule is C1CNCC(CN2CCCC23CCC3)C1. The molecule has 0 aromatic rings. The van der Waals surface area contributed by atoms with Crippen molar-refractivity contribution in [3.63, 3.8) is 0 Å². The van der Waals surface area contributed by atoms with E-state index in [2.05, 4.69) is 10.2 Å². The van der Waals surface area contributed by atoms with Gasteiger partial charge in [-0.05, 0) is 70.5 Å². The first-order valence-electron chi connectivity index (χ1n) is 6.85. The van der Waals surface area contributed by atoms with Crippen molar-refractivity contribution in [3.8, 4) is 0 Å². The first kappa shape index (κ1) is 10.1. The minimum absolute atomic E-state index is 0.692. The molecule has 0 aromatic carbocycles. The van der Waals surface area contributed by atoms with Crippen molar-refractivity contribution in [2.75, 3.05) is 26.2 Å². The Balaban J connectivity index is 1.57. The van der Waals surface area contributed by atoms with E-state index in [1.807, 2.05) is 0 Å². The summed E-state index contributed by atoms with van der Waals surface area (Å²) in [6, 6.07) is 0. The molecule has 86 valence electrons. The van der Waals surface area contributed by atoms with E-state index in [1.165, 1.54) is 71.1 Å². The zero-order valence-corrected chi connectivity index (χ0v) is 9.80. The van der Waals surface area contributed by atoms with E-state index >= 15 is 0 Å². The van der Waals surface area contributed by atoms with Gasteiger partial charge in [0, 0.05) is 12.1 Å². The summed E-state index contributed by atoms with van der Waals surface area (Å²) in [6.45, 7) is 5.29. The molecule has 3 aliphatic rings. The first-order chi connectivity index (χ1) is 7.39. The first-order valence-corrected chi connectivity index (χ1v) is 6.85. The summed E-state index contributed by atoms with van der Waals surface area (Å²) in [7, 11) is 0. The van der Waals surface area contributed by atoms with Crippen LogP contribution in [0, 0.1) is 5.92 Å². The van der Waals surface area contributed by atoms with Crippen molar-refractivity contribution < 1.29 is 0 Å². The van der Waals surface area contributed by atoms with Crippen molar-refractivity contribution in [2.45, 2.75) is 50.5 Å². The third kappa shape index (κ3) is 1.83. The van der Waals surface area contributed by atoms with E-state index < -0.39 is 0 Å². The summed E-state index contributed by atoms with van der Waals surface area (Å²) in [4.78, 5) is 2.84. The van der Waals surface area contributed by atoms with Crippen LogP contribution >= 0.6 is 0 Å². The number of rotatable bonds is 2. The predicted molar refractivity (Wildman–Crippen MR) is 63.0 cm³/mol. The van der Waals surface area contributed by atoms with E-state index in [4.69, 9.17) is 0 Å².